The van der Waals surface area contributed by atoms with Crippen LogP contribution in [0.4, 0.5) is 11.4 Å². The molecule has 0 aliphatic rings. The van der Waals surface area contributed by atoms with Crippen molar-refractivity contribution in [3.05, 3.63) is 87.7 Å². The summed E-state index contributed by atoms with van der Waals surface area (Å²) in [5.74, 6) is 0. The largest absolute Gasteiger partial charge is 0.332 e. The van der Waals surface area contributed by atoms with Gasteiger partial charge in [-0.1, -0.05) is 65.7 Å². The highest BCUT2D eigenvalue weighted by molar-refractivity contribution is 7.80. The molecule has 0 fully saturated rings. The first-order valence-corrected chi connectivity index (χ1v) is 10.6. The number of benzene rings is 3. The summed E-state index contributed by atoms with van der Waals surface area (Å²) in [6, 6.07) is 19.8. The van der Waals surface area contributed by atoms with Crippen molar-refractivity contribution >= 4 is 62.7 Å². The van der Waals surface area contributed by atoms with Crippen molar-refractivity contribution in [3.8, 4) is 0 Å². The molecule has 1 heterocycles. The monoisotopic (exact) mass is 454 g/mol. The van der Waals surface area contributed by atoms with Crippen LogP contribution in [0.5, 0.6) is 0 Å². The normalized spacial score (nSPS) is 10.9. The fourth-order valence-electron chi connectivity index (χ4n) is 3.47. The van der Waals surface area contributed by atoms with Gasteiger partial charge in [0.1, 0.15) is 0 Å². The molecule has 7 heteroatoms. The van der Waals surface area contributed by atoms with Crippen LogP contribution in [0.25, 0.3) is 10.8 Å². The number of halogens is 2. The zero-order valence-electron chi connectivity index (χ0n) is 16.5. The smallest absolute Gasteiger partial charge is 0.175 e. The van der Waals surface area contributed by atoms with E-state index in [-0.39, 0.29) is 0 Å². The lowest BCUT2D eigenvalue weighted by Crippen LogP contribution is -2.20. The van der Waals surface area contributed by atoms with Crippen LogP contribution in [0.15, 0.2) is 60.7 Å². The van der Waals surface area contributed by atoms with E-state index in [2.05, 4.69) is 33.9 Å². The van der Waals surface area contributed by atoms with E-state index in [0.717, 1.165) is 39.1 Å². The highest BCUT2D eigenvalue weighted by Gasteiger charge is 2.15. The van der Waals surface area contributed by atoms with E-state index in [1.54, 1.807) is 0 Å². The number of hydrogen-bond acceptors (Lipinski definition) is 2. The summed E-state index contributed by atoms with van der Waals surface area (Å²) >= 11 is 18.2. The minimum Gasteiger partial charge on any atom is -0.332 e. The van der Waals surface area contributed by atoms with Gasteiger partial charge in [0.15, 0.2) is 5.11 Å². The van der Waals surface area contributed by atoms with Crippen molar-refractivity contribution in [3.63, 3.8) is 0 Å². The van der Waals surface area contributed by atoms with Gasteiger partial charge in [0.2, 0.25) is 0 Å². The summed E-state index contributed by atoms with van der Waals surface area (Å²) in [6.45, 7) is 4.42. The molecular formula is C23H20Cl2N4S. The van der Waals surface area contributed by atoms with Gasteiger partial charge in [0.25, 0.3) is 0 Å². The van der Waals surface area contributed by atoms with Crippen LogP contribution in [0.3, 0.4) is 0 Å². The van der Waals surface area contributed by atoms with Gasteiger partial charge in [0.05, 0.1) is 23.6 Å². The third kappa shape index (κ3) is 4.15. The second kappa shape index (κ2) is 8.64. The maximum absolute atomic E-state index is 6.33. The van der Waals surface area contributed by atoms with Gasteiger partial charge in [-0.2, -0.15) is 5.10 Å². The molecule has 30 heavy (non-hydrogen) atoms. The quantitative estimate of drug-likeness (QED) is 0.332. The predicted molar refractivity (Wildman–Crippen MR) is 131 cm³/mol. The van der Waals surface area contributed by atoms with Gasteiger partial charge in [-0.3, -0.25) is 4.68 Å². The number of nitrogens with one attached hydrogen (secondary N) is 2. The zero-order valence-corrected chi connectivity index (χ0v) is 18.9. The highest BCUT2D eigenvalue weighted by Crippen LogP contribution is 2.28. The first kappa shape index (κ1) is 20.7. The second-order valence-corrected chi connectivity index (χ2v) is 8.23. The third-order valence-electron chi connectivity index (χ3n) is 5.03. The van der Waals surface area contributed by atoms with Gasteiger partial charge in [-0.25, -0.2) is 0 Å². The summed E-state index contributed by atoms with van der Waals surface area (Å²) in [5, 5.41) is 15.3. The van der Waals surface area contributed by atoms with Crippen LogP contribution < -0.4 is 10.6 Å². The standard InChI is InChI=1S/C23H20Cl2N4S/c1-14-22(15(2)29(28-14)13-18-19(24)10-6-11-20(18)25)27-23(30)26-21-12-5-8-16-7-3-4-9-17(16)21/h3-12H,13H2,1-2H3,(H2,26,27,30). The van der Waals surface area contributed by atoms with Crippen LogP contribution >= 0.6 is 35.4 Å². The van der Waals surface area contributed by atoms with Crippen LogP contribution in [0.1, 0.15) is 17.0 Å². The molecule has 0 saturated carbocycles. The first-order valence-electron chi connectivity index (χ1n) is 9.46. The SMILES string of the molecule is Cc1nn(Cc2c(Cl)cccc2Cl)c(C)c1NC(=S)Nc1cccc2ccccc12. The molecule has 0 unspecified atom stereocenters. The van der Waals surface area contributed by atoms with Crippen molar-refractivity contribution in [1.82, 2.24) is 9.78 Å². The van der Waals surface area contributed by atoms with Gasteiger partial charge < -0.3 is 10.6 Å². The summed E-state index contributed by atoms with van der Waals surface area (Å²) in [7, 11) is 0. The summed E-state index contributed by atoms with van der Waals surface area (Å²) in [6.07, 6.45) is 0. The Labute approximate surface area is 190 Å². The van der Waals surface area contributed by atoms with Crippen LogP contribution in [0, 0.1) is 13.8 Å². The second-order valence-electron chi connectivity index (χ2n) is 7.01. The molecule has 2 N–H and O–H groups in total. The van der Waals surface area contributed by atoms with E-state index < -0.39 is 0 Å². The molecule has 152 valence electrons. The lowest BCUT2D eigenvalue weighted by Gasteiger charge is -2.13. The number of rotatable bonds is 4. The average molecular weight is 455 g/mol. The Morgan fingerprint density at radius 1 is 0.933 bits per heavy atom. The van der Waals surface area contributed by atoms with Gasteiger partial charge >= 0.3 is 0 Å². The Bertz CT molecular complexity index is 1220. The number of fused-ring (bicyclic) bond motifs is 1. The lowest BCUT2D eigenvalue weighted by atomic mass is 10.1. The van der Waals surface area contributed by atoms with Crippen molar-refractivity contribution in [2.24, 2.45) is 0 Å². The van der Waals surface area contributed by atoms with Crippen molar-refractivity contribution in [2.75, 3.05) is 10.6 Å². The molecule has 4 aromatic rings. The number of aryl methyl sites for hydroxylation is 1. The van der Waals surface area contributed by atoms with Gasteiger partial charge in [-0.05, 0) is 49.7 Å². The Morgan fingerprint density at radius 3 is 2.37 bits per heavy atom. The number of nitrogens with zero attached hydrogens (tertiary/aromatic N) is 2. The molecule has 1 aromatic heterocycles. The molecular weight excluding hydrogens is 435 g/mol. The van der Waals surface area contributed by atoms with Crippen molar-refractivity contribution < 1.29 is 0 Å². The molecule has 0 spiro atoms. The molecule has 0 atom stereocenters. The van der Waals surface area contributed by atoms with E-state index in [4.69, 9.17) is 35.4 Å². The molecule has 0 aliphatic heterocycles. The maximum Gasteiger partial charge on any atom is 0.175 e. The van der Waals surface area contributed by atoms with E-state index in [0.29, 0.717) is 21.7 Å². The maximum atomic E-state index is 6.33. The summed E-state index contributed by atoms with van der Waals surface area (Å²) in [4.78, 5) is 0. The predicted octanol–water partition coefficient (Wildman–Crippen LogP) is 6.82. The van der Waals surface area contributed by atoms with Crippen molar-refractivity contribution in [2.45, 2.75) is 20.4 Å². The number of hydrogen-bond donors (Lipinski definition) is 2. The summed E-state index contributed by atoms with van der Waals surface area (Å²) < 4.78 is 1.88. The number of aromatic nitrogens is 2. The van der Waals surface area contributed by atoms with E-state index in [1.165, 1.54) is 0 Å². The van der Waals surface area contributed by atoms with E-state index in [1.807, 2.05) is 61.0 Å². The topological polar surface area (TPSA) is 41.9 Å². The highest BCUT2D eigenvalue weighted by atomic mass is 35.5. The average Bonchev–Trinajstić information content (AvgIpc) is 2.98. The molecule has 0 radical (unpaired) electrons. The molecule has 4 nitrogen and oxygen atoms in total. The number of anilines is 2. The van der Waals surface area contributed by atoms with Crippen LogP contribution in [-0.2, 0) is 6.54 Å². The number of thiocarbonyl (C=S) groups is 1. The van der Waals surface area contributed by atoms with Crippen LogP contribution in [-0.4, -0.2) is 14.9 Å². The minimum absolute atomic E-state index is 0.483. The Kier molecular flexibility index (Phi) is 5.95. The summed E-state index contributed by atoms with van der Waals surface area (Å²) in [5.41, 5.74) is 4.46. The van der Waals surface area contributed by atoms with Crippen LogP contribution in [0.2, 0.25) is 10.0 Å². The van der Waals surface area contributed by atoms with Crippen molar-refractivity contribution in [1.29, 1.82) is 0 Å². The zero-order chi connectivity index (χ0) is 21.3. The fourth-order valence-corrected chi connectivity index (χ4v) is 4.20. The Balaban J connectivity index is 1.56. The third-order valence-corrected chi connectivity index (χ3v) is 5.94. The molecule has 4 rings (SSSR count). The Hall–Kier alpha value is -2.60. The molecule has 3 aromatic carbocycles. The molecule has 0 aliphatic carbocycles. The minimum atomic E-state index is 0.483. The van der Waals surface area contributed by atoms with Gasteiger partial charge in [0, 0.05) is 26.7 Å². The first-order chi connectivity index (χ1) is 14.4. The van der Waals surface area contributed by atoms with Gasteiger partial charge in [-0.15, -0.1) is 0 Å². The lowest BCUT2D eigenvalue weighted by molar-refractivity contribution is 0.659. The fraction of sp³-hybridized carbons (Fsp3) is 0.130. The molecule has 0 amide bonds. The van der Waals surface area contributed by atoms with E-state index >= 15 is 0 Å². The Morgan fingerprint density at radius 2 is 1.60 bits per heavy atom. The molecule has 0 saturated heterocycles. The molecule has 0 bridgehead atoms. The van der Waals surface area contributed by atoms with E-state index in [9.17, 15) is 0 Å².